The monoisotopic (exact) mass is 365 g/mol. The van der Waals surface area contributed by atoms with E-state index in [0.717, 1.165) is 19.3 Å². The van der Waals surface area contributed by atoms with Crippen LogP contribution in [0, 0.1) is 5.41 Å². The molecular weight excluding hydrogens is 346 g/mol. The first-order valence-electron chi connectivity index (χ1n) is 6.64. The molecule has 1 atom stereocenters. The van der Waals surface area contributed by atoms with E-state index in [0.29, 0.717) is 6.04 Å². The summed E-state index contributed by atoms with van der Waals surface area (Å²) in [6.45, 7) is 2.02. The Morgan fingerprint density at radius 2 is 1.59 bits per heavy atom. The van der Waals surface area contributed by atoms with Gasteiger partial charge in [-0.25, -0.2) is 0 Å². The highest BCUT2D eigenvalue weighted by atomic mass is 79.9. The van der Waals surface area contributed by atoms with Crippen molar-refractivity contribution in [2.45, 2.75) is 67.6 Å². The van der Waals surface area contributed by atoms with E-state index in [1.807, 2.05) is 6.92 Å². The van der Waals surface area contributed by atoms with E-state index in [1.54, 1.807) is 0 Å². The summed E-state index contributed by atoms with van der Waals surface area (Å²) in [5.74, 6) is 0.205. The third-order valence-electron chi connectivity index (χ3n) is 4.20. The van der Waals surface area contributed by atoms with Crippen molar-refractivity contribution in [3.63, 3.8) is 0 Å². The van der Waals surface area contributed by atoms with Crippen LogP contribution < -0.4 is 5.32 Å². The zero-order valence-electron chi connectivity index (χ0n) is 10.4. The van der Waals surface area contributed by atoms with Gasteiger partial charge < -0.3 is 5.32 Å². The van der Waals surface area contributed by atoms with Gasteiger partial charge in [0.05, 0.1) is 8.65 Å². The quantitative estimate of drug-likeness (QED) is 0.732. The Labute approximate surface area is 121 Å². The molecule has 0 aromatic rings. The average Bonchev–Trinajstić information content (AvgIpc) is 2.71. The molecule has 2 fully saturated rings. The van der Waals surface area contributed by atoms with Crippen molar-refractivity contribution < 1.29 is 4.79 Å². The second-order valence-electron chi connectivity index (χ2n) is 5.73. The fourth-order valence-electron chi connectivity index (χ4n) is 2.59. The van der Waals surface area contributed by atoms with Crippen molar-refractivity contribution in [3.05, 3.63) is 0 Å². The summed E-state index contributed by atoms with van der Waals surface area (Å²) in [5, 5.41) is 3.25. The molecule has 4 heteroatoms. The third kappa shape index (κ3) is 3.06. The summed E-state index contributed by atoms with van der Waals surface area (Å²) in [4.78, 5) is 12.2. The number of carbonyl (C=O) groups excluding carboxylic acids is 1. The Bertz CT molecular complexity index is 298. The minimum atomic E-state index is -0.268. The molecule has 1 N–H and O–H groups in total. The van der Waals surface area contributed by atoms with Crippen LogP contribution in [0.4, 0.5) is 0 Å². The van der Waals surface area contributed by atoms with E-state index in [4.69, 9.17) is 0 Å². The number of halogens is 2. The molecular formula is C13H21Br2NO. The Morgan fingerprint density at radius 3 is 2.06 bits per heavy atom. The molecule has 0 spiro atoms. The highest BCUT2D eigenvalue weighted by molar-refractivity contribution is 9.25. The maximum atomic E-state index is 12.2. The first kappa shape index (κ1) is 13.9. The number of hydrogen-bond donors (Lipinski definition) is 1. The molecule has 2 aliphatic carbocycles. The standard InChI is InChI=1S/C13H21Br2NO/c1-12(9-13(12,14)15)11(17)16-10-7-5-3-2-4-6-8-10/h10H,2-9H2,1H3,(H,16,17)/t12-/m0/s1. The third-order valence-corrected chi connectivity index (χ3v) is 6.51. The summed E-state index contributed by atoms with van der Waals surface area (Å²) < 4.78 is -0.168. The summed E-state index contributed by atoms with van der Waals surface area (Å²) >= 11 is 7.12. The van der Waals surface area contributed by atoms with Crippen LogP contribution in [0.3, 0.4) is 0 Å². The van der Waals surface area contributed by atoms with Gasteiger partial charge in [-0.1, -0.05) is 64.0 Å². The summed E-state index contributed by atoms with van der Waals surface area (Å²) in [5.41, 5.74) is -0.268. The lowest BCUT2D eigenvalue weighted by molar-refractivity contribution is -0.126. The molecule has 0 bridgehead atoms. The number of hydrogen-bond acceptors (Lipinski definition) is 1. The summed E-state index contributed by atoms with van der Waals surface area (Å²) in [6.07, 6.45) is 9.71. The van der Waals surface area contributed by atoms with Crippen molar-refractivity contribution in [3.8, 4) is 0 Å². The molecule has 0 saturated heterocycles. The molecule has 0 aromatic heterocycles. The fourth-order valence-corrected chi connectivity index (χ4v) is 4.07. The zero-order chi connectivity index (χ0) is 12.5. The smallest absolute Gasteiger partial charge is 0.228 e. The Kier molecular flexibility index (Phi) is 4.24. The molecule has 98 valence electrons. The first-order valence-corrected chi connectivity index (χ1v) is 8.23. The Balaban J connectivity index is 1.85. The lowest BCUT2D eigenvalue weighted by Gasteiger charge is -2.23. The minimum Gasteiger partial charge on any atom is -0.353 e. The van der Waals surface area contributed by atoms with E-state index in [-0.39, 0.29) is 14.6 Å². The van der Waals surface area contributed by atoms with Crippen LogP contribution in [0.1, 0.15) is 58.3 Å². The minimum absolute atomic E-state index is 0.168. The van der Waals surface area contributed by atoms with Gasteiger partial charge in [0.1, 0.15) is 0 Å². The molecule has 1 amide bonds. The van der Waals surface area contributed by atoms with Crippen LogP contribution in [0.2, 0.25) is 0 Å². The molecule has 0 aliphatic heterocycles. The van der Waals surface area contributed by atoms with Gasteiger partial charge in [0.25, 0.3) is 0 Å². The molecule has 2 saturated carbocycles. The van der Waals surface area contributed by atoms with Crippen LogP contribution >= 0.6 is 31.9 Å². The van der Waals surface area contributed by atoms with Crippen molar-refractivity contribution >= 4 is 37.8 Å². The van der Waals surface area contributed by atoms with Gasteiger partial charge in [-0.05, 0) is 26.2 Å². The predicted octanol–water partition coefficient (Wildman–Crippen LogP) is 4.11. The number of nitrogens with one attached hydrogen (secondary N) is 1. The Morgan fingerprint density at radius 1 is 1.12 bits per heavy atom. The number of amides is 1. The van der Waals surface area contributed by atoms with Gasteiger partial charge in [-0.2, -0.15) is 0 Å². The zero-order valence-corrected chi connectivity index (χ0v) is 13.6. The predicted molar refractivity (Wildman–Crippen MR) is 77.6 cm³/mol. The van der Waals surface area contributed by atoms with Crippen molar-refractivity contribution in [2.75, 3.05) is 0 Å². The maximum absolute atomic E-state index is 12.2. The molecule has 0 radical (unpaired) electrons. The number of alkyl halides is 2. The van der Waals surface area contributed by atoms with Crippen LogP contribution in [-0.4, -0.2) is 15.2 Å². The lowest BCUT2D eigenvalue weighted by Crippen LogP contribution is -2.40. The Hall–Kier alpha value is 0.430. The van der Waals surface area contributed by atoms with E-state index in [2.05, 4.69) is 37.2 Å². The van der Waals surface area contributed by atoms with Gasteiger partial charge in [0.15, 0.2) is 0 Å². The largest absolute Gasteiger partial charge is 0.353 e. The molecule has 0 aromatic carbocycles. The number of rotatable bonds is 2. The van der Waals surface area contributed by atoms with Gasteiger partial charge >= 0.3 is 0 Å². The van der Waals surface area contributed by atoms with Gasteiger partial charge in [0, 0.05) is 6.04 Å². The molecule has 2 nitrogen and oxygen atoms in total. The second-order valence-corrected chi connectivity index (χ2v) is 9.50. The van der Waals surface area contributed by atoms with Gasteiger partial charge in [-0.15, -0.1) is 0 Å². The van der Waals surface area contributed by atoms with Crippen molar-refractivity contribution in [1.29, 1.82) is 0 Å². The SMILES string of the molecule is C[C@@]1(C(=O)NC2CCCCCCC2)CC1(Br)Br. The van der Waals surface area contributed by atoms with Gasteiger partial charge in [-0.3, -0.25) is 4.79 Å². The normalized spacial score (nSPS) is 33.6. The topological polar surface area (TPSA) is 29.1 Å². The molecule has 0 unspecified atom stereocenters. The lowest BCUT2D eigenvalue weighted by atomic mass is 9.96. The van der Waals surface area contributed by atoms with E-state index < -0.39 is 0 Å². The molecule has 0 heterocycles. The highest BCUT2D eigenvalue weighted by Gasteiger charge is 2.66. The van der Waals surface area contributed by atoms with Crippen LogP contribution in [0.25, 0.3) is 0 Å². The van der Waals surface area contributed by atoms with Crippen LogP contribution in [-0.2, 0) is 4.79 Å². The van der Waals surface area contributed by atoms with Crippen LogP contribution in [0.5, 0.6) is 0 Å². The number of carbonyl (C=O) groups is 1. The van der Waals surface area contributed by atoms with E-state index in [9.17, 15) is 4.79 Å². The molecule has 2 aliphatic rings. The van der Waals surface area contributed by atoms with Gasteiger partial charge in [0.2, 0.25) is 5.91 Å². The first-order chi connectivity index (χ1) is 7.96. The highest BCUT2D eigenvalue weighted by Crippen LogP contribution is 2.66. The second kappa shape index (κ2) is 5.20. The summed E-state index contributed by atoms with van der Waals surface area (Å²) in [6, 6.07) is 0.399. The van der Waals surface area contributed by atoms with Crippen molar-refractivity contribution in [1.82, 2.24) is 5.32 Å². The van der Waals surface area contributed by atoms with Crippen molar-refractivity contribution in [2.24, 2.45) is 5.41 Å². The molecule has 17 heavy (non-hydrogen) atoms. The van der Waals surface area contributed by atoms with E-state index >= 15 is 0 Å². The molecule has 2 rings (SSSR count). The van der Waals surface area contributed by atoms with E-state index in [1.165, 1.54) is 32.1 Å². The summed E-state index contributed by atoms with van der Waals surface area (Å²) in [7, 11) is 0. The van der Waals surface area contributed by atoms with Crippen LogP contribution in [0.15, 0.2) is 0 Å². The fraction of sp³-hybridized carbons (Fsp3) is 0.923. The maximum Gasteiger partial charge on any atom is 0.228 e. The average molecular weight is 367 g/mol.